The van der Waals surface area contributed by atoms with Gasteiger partial charge in [-0.15, -0.1) is 3.71 Å². The maximum absolute atomic E-state index is 10.6. The van der Waals surface area contributed by atoms with Gasteiger partial charge < -0.3 is 0 Å². The highest BCUT2D eigenvalue weighted by atomic mass is 32.3. The lowest BCUT2D eigenvalue weighted by Crippen LogP contribution is -2.14. The van der Waals surface area contributed by atoms with Crippen molar-refractivity contribution < 1.29 is 8.42 Å². The molecule has 1 aliphatic rings. The third-order valence-corrected chi connectivity index (χ3v) is 3.65. The van der Waals surface area contributed by atoms with Crippen molar-refractivity contribution in [1.82, 2.24) is 3.71 Å². The van der Waals surface area contributed by atoms with Crippen LogP contribution in [-0.2, 0) is 10.0 Å². The van der Waals surface area contributed by atoms with Crippen LogP contribution in [0.4, 0.5) is 0 Å². The molecular formula is C3H7NO2S2. The molecule has 1 saturated heterocycles. The minimum absolute atomic E-state index is 0.260. The molecule has 0 spiro atoms. The van der Waals surface area contributed by atoms with E-state index in [0.717, 1.165) is 3.71 Å². The summed E-state index contributed by atoms with van der Waals surface area (Å²) in [6.45, 7) is 0.561. The fourth-order valence-corrected chi connectivity index (χ4v) is 2.12. The van der Waals surface area contributed by atoms with Gasteiger partial charge >= 0.3 is 0 Å². The van der Waals surface area contributed by atoms with Gasteiger partial charge in [0.25, 0.3) is 0 Å². The molecule has 1 heterocycles. The Balaban J connectivity index is 2.85. The second kappa shape index (κ2) is 1.89. The average Bonchev–Trinajstić information content (AvgIpc) is 1.86. The number of hydrogen-bond acceptors (Lipinski definition) is 3. The Bertz CT molecular complexity index is 174. The summed E-state index contributed by atoms with van der Waals surface area (Å²) in [5.74, 6) is 0.260. The van der Waals surface area contributed by atoms with Crippen LogP contribution in [0.1, 0.15) is 6.42 Å². The van der Waals surface area contributed by atoms with Gasteiger partial charge in [-0.2, -0.15) is 0 Å². The lowest BCUT2D eigenvalue weighted by molar-refractivity contribution is 0.570. The molecule has 0 aliphatic carbocycles. The minimum Gasteiger partial charge on any atom is -0.211 e. The zero-order chi connectivity index (χ0) is 6.20. The zero-order valence-corrected chi connectivity index (χ0v) is 5.95. The first-order valence-electron chi connectivity index (χ1n) is 2.32. The largest absolute Gasteiger partial charge is 0.223 e. The summed E-state index contributed by atoms with van der Waals surface area (Å²) in [5, 5.41) is 0. The molecule has 3 nitrogen and oxygen atoms in total. The fourth-order valence-electron chi connectivity index (χ4n) is 0.627. The van der Waals surface area contributed by atoms with Gasteiger partial charge in [-0.25, -0.2) is 8.42 Å². The van der Waals surface area contributed by atoms with Crippen molar-refractivity contribution in [2.24, 2.45) is 0 Å². The Morgan fingerprint density at radius 1 is 1.50 bits per heavy atom. The Kier molecular flexibility index (Phi) is 1.51. The van der Waals surface area contributed by atoms with Crippen LogP contribution in [0.3, 0.4) is 0 Å². The molecule has 0 atom stereocenters. The standard InChI is InChI=1S/C3H7NO2S2/c5-8(6)3-1-2-4(8)7/h7H,1-3H2. The lowest BCUT2D eigenvalue weighted by atomic mass is 10.5. The van der Waals surface area contributed by atoms with Gasteiger partial charge in [-0.05, 0) is 6.42 Å². The third-order valence-electron chi connectivity index (χ3n) is 1.07. The highest BCUT2D eigenvalue weighted by molar-refractivity contribution is 8.00. The van der Waals surface area contributed by atoms with Crippen LogP contribution in [0, 0.1) is 0 Å². The maximum atomic E-state index is 10.6. The number of hydrogen-bond donors (Lipinski definition) is 1. The topological polar surface area (TPSA) is 37.4 Å². The number of sulfonamides is 1. The van der Waals surface area contributed by atoms with E-state index in [4.69, 9.17) is 0 Å². The molecule has 1 rings (SSSR count). The first kappa shape index (κ1) is 6.38. The van der Waals surface area contributed by atoms with Crippen LogP contribution in [0.2, 0.25) is 0 Å². The second-order valence-electron chi connectivity index (χ2n) is 1.72. The highest BCUT2D eigenvalue weighted by Gasteiger charge is 2.24. The summed E-state index contributed by atoms with van der Waals surface area (Å²) in [5.41, 5.74) is 0. The molecule has 0 unspecified atom stereocenters. The van der Waals surface area contributed by atoms with E-state index in [0.29, 0.717) is 13.0 Å². The van der Waals surface area contributed by atoms with Crippen molar-refractivity contribution in [2.45, 2.75) is 6.42 Å². The van der Waals surface area contributed by atoms with E-state index in [2.05, 4.69) is 12.8 Å². The summed E-state index contributed by atoms with van der Waals surface area (Å²) in [7, 11) is -2.93. The average molecular weight is 153 g/mol. The molecule has 0 radical (unpaired) electrons. The quantitative estimate of drug-likeness (QED) is 0.492. The Labute approximate surface area is 54.3 Å². The van der Waals surface area contributed by atoms with Gasteiger partial charge in [0.15, 0.2) is 0 Å². The van der Waals surface area contributed by atoms with Gasteiger partial charge in [0, 0.05) is 6.54 Å². The summed E-state index contributed by atoms with van der Waals surface area (Å²) >= 11 is 3.72. The minimum atomic E-state index is -2.93. The first-order chi connectivity index (χ1) is 3.63. The van der Waals surface area contributed by atoms with Crippen LogP contribution < -0.4 is 0 Å². The van der Waals surface area contributed by atoms with E-state index >= 15 is 0 Å². The van der Waals surface area contributed by atoms with Crippen molar-refractivity contribution in [3.63, 3.8) is 0 Å². The highest BCUT2D eigenvalue weighted by Crippen LogP contribution is 2.14. The second-order valence-corrected chi connectivity index (χ2v) is 4.48. The van der Waals surface area contributed by atoms with Crippen LogP contribution >= 0.6 is 12.8 Å². The van der Waals surface area contributed by atoms with Crippen LogP contribution in [0.5, 0.6) is 0 Å². The third kappa shape index (κ3) is 0.985. The van der Waals surface area contributed by atoms with Crippen molar-refractivity contribution in [1.29, 1.82) is 0 Å². The van der Waals surface area contributed by atoms with Gasteiger partial charge in [-0.3, -0.25) is 0 Å². The van der Waals surface area contributed by atoms with E-state index in [1.54, 1.807) is 0 Å². The number of thiol groups is 1. The Hall–Kier alpha value is 0.260. The molecule has 8 heavy (non-hydrogen) atoms. The van der Waals surface area contributed by atoms with Crippen LogP contribution in [-0.4, -0.2) is 24.4 Å². The van der Waals surface area contributed by atoms with E-state index < -0.39 is 10.0 Å². The normalized spacial score (nSPS) is 28.6. The van der Waals surface area contributed by atoms with Gasteiger partial charge in [-0.1, -0.05) is 12.8 Å². The monoisotopic (exact) mass is 153 g/mol. The first-order valence-corrected chi connectivity index (χ1v) is 4.33. The Morgan fingerprint density at radius 2 is 2.12 bits per heavy atom. The summed E-state index contributed by atoms with van der Waals surface area (Å²) < 4.78 is 22.3. The molecule has 0 aromatic rings. The van der Waals surface area contributed by atoms with Crippen LogP contribution in [0.15, 0.2) is 0 Å². The van der Waals surface area contributed by atoms with Crippen molar-refractivity contribution >= 4 is 22.8 Å². The molecule has 5 heteroatoms. The van der Waals surface area contributed by atoms with E-state index in [1.807, 2.05) is 0 Å². The zero-order valence-electron chi connectivity index (χ0n) is 4.24. The molecule has 0 bridgehead atoms. The molecule has 1 fully saturated rings. The smallest absolute Gasteiger partial charge is 0.211 e. The molecule has 0 N–H and O–H groups in total. The summed E-state index contributed by atoms with van der Waals surface area (Å²) in [6.07, 6.45) is 0.714. The molecule has 0 amide bonds. The number of rotatable bonds is 0. The van der Waals surface area contributed by atoms with Gasteiger partial charge in [0.1, 0.15) is 0 Å². The molecule has 48 valence electrons. The predicted molar refractivity (Wildman–Crippen MR) is 34.1 cm³/mol. The molecular weight excluding hydrogens is 146 g/mol. The Morgan fingerprint density at radius 3 is 2.25 bits per heavy atom. The van der Waals surface area contributed by atoms with E-state index in [9.17, 15) is 8.42 Å². The molecule has 0 saturated carbocycles. The van der Waals surface area contributed by atoms with E-state index in [1.165, 1.54) is 0 Å². The van der Waals surface area contributed by atoms with Gasteiger partial charge in [0.05, 0.1) is 5.75 Å². The van der Waals surface area contributed by atoms with Gasteiger partial charge in [0.2, 0.25) is 10.0 Å². The SMILES string of the molecule is O=S1(=O)CCCN1S. The van der Waals surface area contributed by atoms with E-state index in [-0.39, 0.29) is 5.75 Å². The maximum Gasteiger partial charge on any atom is 0.223 e. The molecule has 0 aromatic heterocycles. The van der Waals surface area contributed by atoms with Crippen molar-refractivity contribution in [3.8, 4) is 0 Å². The molecule has 0 aromatic carbocycles. The van der Waals surface area contributed by atoms with Crippen molar-refractivity contribution in [2.75, 3.05) is 12.3 Å². The van der Waals surface area contributed by atoms with Crippen molar-refractivity contribution in [3.05, 3.63) is 0 Å². The fraction of sp³-hybridized carbons (Fsp3) is 1.00. The molecule has 1 aliphatic heterocycles. The summed E-state index contributed by atoms with van der Waals surface area (Å²) in [4.78, 5) is 0. The number of nitrogens with zero attached hydrogens (tertiary/aromatic N) is 1. The van der Waals surface area contributed by atoms with Crippen LogP contribution in [0.25, 0.3) is 0 Å². The predicted octanol–water partition coefficient (Wildman–Crippen LogP) is -0.133. The lowest BCUT2D eigenvalue weighted by Gasteiger charge is -2.01. The summed E-state index contributed by atoms with van der Waals surface area (Å²) in [6, 6.07) is 0.